The van der Waals surface area contributed by atoms with Gasteiger partial charge in [0.2, 0.25) is 12.7 Å². The minimum atomic E-state index is -0.995. The van der Waals surface area contributed by atoms with E-state index in [4.69, 9.17) is 9.47 Å². The van der Waals surface area contributed by atoms with Gasteiger partial charge in [0.05, 0.1) is 18.7 Å². The van der Waals surface area contributed by atoms with Gasteiger partial charge in [-0.2, -0.15) is 0 Å². The second kappa shape index (κ2) is 7.80. The number of aromatic nitrogens is 3. The minimum Gasteiger partial charge on any atom is -0.454 e. The van der Waals surface area contributed by atoms with E-state index in [1.807, 2.05) is 29.1 Å². The zero-order valence-corrected chi connectivity index (χ0v) is 18.0. The van der Waals surface area contributed by atoms with E-state index in [0.717, 1.165) is 49.5 Å². The first kappa shape index (κ1) is 20.3. The van der Waals surface area contributed by atoms with E-state index in [0.29, 0.717) is 24.2 Å². The molecular formula is C22H29N5O4. The lowest BCUT2D eigenvalue weighted by Gasteiger charge is -2.49. The van der Waals surface area contributed by atoms with Crippen molar-refractivity contribution < 1.29 is 19.4 Å². The highest BCUT2D eigenvalue weighted by Crippen LogP contribution is 2.37. The molecule has 4 aliphatic rings. The third kappa shape index (κ3) is 4.12. The Bertz CT molecular complexity index is 969. The number of aliphatic hydroxyl groups is 1. The zero-order chi connectivity index (χ0) is 21.6. The van der Waals surface area contributed by atoms with E-state index in [-0.39, 0.29) is 18.6 Å². The molecule has 3 saturated heterocycles. The number of piperidine rings is 3. The van der Waals surface area contributed by atoms with Gasteiger partial charge in [-0.05, 0) is 56.8 Å². The van der Waals surface area contributed by atoms with E-state index >= 15 is 0 Å². The number of nitrogens with one attached hydrogen (secondary N) is 1. The second-order valence-corrected chi connectivity index (χ2v) is 9.33. The van der Waals surface area contributed by atoms with Crippen LogP contribution in [-0.2, 0) is 23.5 Å². The molecule has 166 valence electrons. The number of hydrogen-bond donors (Lipinski definition) is 2. The zero-order valence-electron chi connectivity index (χ0n) is 18.0. The second-order valence-electron chi connectivity index (χ2n) is 9.33. The first-order chi connectivity index (χ1) is 14.9. The van der Waals surface area contributed by atoms with Crippen molar-refractivity contribution in [1.29, 1.82) is 0 Å². The SMILES string of the molecule is CC(C)(O)c1cn(C[C@H]2C[C@@H]3CCN2C[C@@H]3C(=O)NCc2ccc3c(c2)OCO3)nn1. The summed E-state index contributed by atoms with van der Waals surface area (Å²) in [6.45, 7) is 6.66. The first-order valence-corrected chi connectivity index (χ1v) is 10.9. The Hall–Kier alpha value is -2.65. The summed E-state index contributed by atoms with van der Waals surface area (Å²) < 4.78 is 12.6. The molecule has 4 aliphatic heterocycles. The van der Waals surface area contributed by atoms with E-state index in [1.165, 1.54) is 0 Å². The topological polar surface area (TPSA) is 102 Å². The van der Waals surface area contributed by atoms with Crippen LogP contribution in [0.1, 0.15) is 37.9 Å². The summed E-state index contributed by atoms with van der Waals surface area (Å²) in [5.41, 5.74) is 0.584. The highest BCUT2D eigenvalue weighted by molar-refractivity contribution is 5.79. The van der Waals surface area contributed by atoms with Gasteiger partial charge in [-0.25, -0.2) is 0 Å². The molecular weight excluding hydrogens is 398 g/mol. The molecule has 2 bridgehead atoms. The maximum Gasteiger partial charge on any atom is 0.231 e. The summed E-state index contributed by atoms with van der Waals surface area (Å²) in [5.74, 6) is 2.00. The van der Waals surface area contributed by atoms with E-state index < -0.39 is 5.60 Å². The summed E-state index contributed by atoms with van der Waals surface area (Å²) in [7, 11) is 0. The normalized spacial score (nSPS) is 26.8. The largest absolute Gasteiger partial charge is 0.454 e. The molecule has 1 aromatic carbocycles. The number of rotatable bonds is 6. The van der Waals surface area contributed by atoms with Gasteiger partial charge in [0.1, 0.15) is 11.3 Å². The fraction of sp³-hybridized carbons (Fsp3) is 0.591. The van der Waals surface area contributed by atoms with E-state index in [1.54, 1.807) is 13.8 Å². The fourth-order valence-corrected chi connectivity index (χ4v) is 4.88. The predicted molar refractivity (Wildman–Crippen MR) is 111 cm³/mol. The van der Waals surface area contributed by atoms with E-state index in [9.17, 15) is 9.90 Å². The Morgan fingerprint density at radius 3 is 2.90 bits per heavy atom. The van der Waals surface area contributed by atoms with Crippen LogP contribution in [-0.4, -0.2) is 56.8 Å². The number of hydrogen-bond acceptors (Lipinski definition) is 7. The highest BCUT2D eigenvalue weighted by Gasteiger charge is 2.43. The maximum absolute atomic E-state index is 12.9. The number of fused-ring (bicyclic) bond motifs is 4. The molecule has 2 N–H and O–H groups in total. The van der Waals surface area contributed by atoms with Gasteiger partial charge in [-0.1, -0.05) is 11.3 Å². The lowest BCUT2D eigenvalue weighted by atomic mass is 9.75. The molecule has 2 aromatic rings. The van der Waals surface area contributed by atoms with Crippen LogP contribution in [0.5, 0.6) is 11.5 Å². The van der Waals surface area contributed by atoms with Crippen molar-refractivity contribution in [2.45, 2.75) is 51.4 Å². The van der Waals surface area contributed by atoms with Crippen molar-refractivity contribution in [3.63, 3.8) is 0 Å². The van der Waals surface area contributed by atoms with Gasteiger partial charge < -0.3 is 19.9 Å². The quantitative estimate of drug-likeness (QED) is 0.716. The molecule has 1 amide bonds. The van der Waals surface area contributed by atoms with Crippen molar-refractivity contribution in [3.8, 4) is 11.5 Å². The number of amides is 1. The van der Waals surface area contributed by atoms with Gasteiger partial charge in [0.25, 0.3) is 0 Å². The fourth-order valence-electron chi connectivity index (χ4n) is 4.88. The van der Waals surface area contributed by atoms with Gasteiger partial charge in [0, 0.05) is 19.1 Å². The lowest BCUT2D eigenvalue weighted by molar-refractivity contribution is -0.133. The Labute approximate surface area is 181 Å². The Balaban J connectivity index is 1.17. The number of nitrogens with zero attached hydrogens (tertiary/aromatic N) is 4. The molecule has 0 saturated carbocycles. The summed E-state index contributed by atoms with van der Waals surface area (Å²) in [5, 5.41) is 21.5. The molecule has 9 heteroatoms. The molecule has 31 heavy (non-hydrogen) atoms. The molecule has 9 nitrogen and oxygen atoms in total. The molecule has 0 aliphatic carbocycles. The monoisotopic (exact) mass is 427 g/mol. The minimum absolute atomic E-state index is 0.0155. The van der Waals surface area contributed by atoms with Crippen LogP contribution < -0.4 is 14.8 Å². The standard InChI is InChI=1S/C22H29N5O4/c1-22(2,29)20-12-27(25-24-20)10-16-8-15-5-6-26(16)11-17(15)21(28)23-9-14-3-4-18-19(7-14)31-13-30-18/h3-4,7,12,15-17,29H,5-6,8-11,13H2,1-2H3,(H,23,28)/t15-,16+,17-/m0/s1. The Morgan fingerprint density at radius 1 is 1.32 bits per heavy atom. The molecule has 5 heterocycles. The van der Waals surface area contributed by atoms with Crippen LogP contribution in [0.25, 0.3) is 0 Å². The predicted octanol–water partition coefficient (Wildman–Crippen LogP) is 1.26. The summed E-state index contributed by atoms with van der Waals surface area (Å²) in [6.07, 6.45) is 3.84. The van der Waals surface area contributed by atoms with Crippen LogP contribution in [0.15, 0.2) is 24.4 Å². The van der Waals surface area contributed by atoms with Crippen molar-refractivity contribution in [1.82, 2.24) is 25.2 Å². The molecule has 1 unspecified atom stereocenters. The average Bonchev–Trinajstić information content (AvgIpc) is 3.41. The number of benzene rings is 1. The summed E-state index contributed by atoms with van der Waals surface area (Å²) in [6, 6.07) is 6.11. The van der Waals surface area contributed by atoms with Crippen LogP contribution in [0.2, 0.25) is 0 Å². The van der Waals surface area contributed by atoms with Crippen LogP contribution in [0.4, 0.5) is 0 Å². The third-order valence-corrected chi connectivity index (χ3v) is 6.68. The molecule has 1 aromatic heterocycles. The third-order valence-electron chi connectivity index (χ3n) is 6.68. The number of carbonyl (C=O) groups excluding carboxylic acids is 1. The van der Waals surface area contributed by atoms with Crippen LogP contribution >= 0.6 is 0 Å². The first-order valence-electron chi connectivity index (χ1n) is 10.9. The molecule has 4 atom stereocenters. The average molecular weight is 428 g/mol. The van der Waals surface area contributed by atoms with E-state index in [2.05, 4.69) is 20.5 Å². The summed E-state index contributed by atoms with van der Waals surface area (Å²) >= 11 is 0. The molecule has 0 radical (unpaired) electrons. The number of carbonyl (C=O) groups is 1. The van der Waals surface area contributed by atoms with Gasteiger partial charge in [-0.3, -0.25) is 14.4 Å². The Kier molecular flexibility index (Phi) is 5.10. The van der Waals surface area contributed by atoms with Gasteiger partial charge >= 0.3 is 0 Å². The van der Waals surface area contributed by atoms with Crippen molar-refractivity contribution >= 4 is 5.91 Å². The highest BCUT2D eigenvalue weighted by atomic mass is 16.7. The maximum atomic E-state index is 12.9. The molecule has 3 fully saturated rings. The van der Waals surface area contributed by atoms with Crippen LogP contribution in [0, 0.1) is 11.8 Å². The molecule has 0 spiro atoms. The van der Waals surface area contributed by atoms with Crippen molar-refractivity contribution in [2.75, 3.05) is 19.9 Å². The van der Waals surface area contributed by atoms with Crippen LogP contribution in [0.3, 0.4) is 0 Å². The van der Waals surface area contributed by atoms with Crippen molar-refractivity contribution in [2.24, 2.45) is 11.8 Å². The lowest BCUT2D eigenvalue weighted by Crippen LogP contribution is -2.58. The van der Waals surface area contributed by atoms with Crippen molar-refractivity contribution in [3.05, 3.63) is 35.7 Å². The van der Waals surface area contributed by atoms with Gasteiger partial charge in [-0.15, -0.1) is 5.10 Å². The summed E-state index contributed by atoms with van der Waals surface area (Å²) in [4.78, 5) is 15.3. The Morgan fingerprint density at radius 2 is 2.16 bits per heavy atom. The smallest absolute Gasteiger partial charge is 0.231 e. The number of ether oxygens (including phenoxy) is 2. The molecule has 6 rings (SSSR count). The van der Waals surface area contributed by atoms with Gasteiger partial charge in [0.15, 0.2) is 11.5 Å².